The number of unbranched alkanes of at least 4 members (excludes halogenated alkanes) is 37. The quantitative estimate of drug-likeness (QED) is 0.0454. The van der Waals surface area contributed by atoms with Gasteiger partial charge in [-0.15, -0.1) is 0 Å². The summed E-state index contributed by atoms with van der Waals surface area (Å²) >= 11 is 0. The number of carbonyl (C=O) groups excluding carboxylic acids is 2. The Balaban J connectivity index is 4.19. The van der Waals surface area contributed by atoms with Crippen molar-refractivity contribution < 1.29 is 23.8 Å². The molecule has 0 rings (SSSR count). The fourth-order valence-corrected chi connectivity index (χ4v) is 7.81. The lowest BCUT2D eigenvalue weighted by Gasteiger charge is -2.18. The van der Waals surface area contributed by atoms with Crippen LogP contribution in [0.25, 0.3) is 0 Å². The molecule has 0 saturated carbocycles. The van der Waals surface area contributed by atoms with Gasteiger partial charge in [0.15, 0.2) is 6.10 Å². The van der Waals surface area contributed by atoms with E-state index in [0.717, 1.165) is 32.1 Å². The van der Waals surface area contributed by atoms with Crippen LogP contribution in [0, 0.1) is 0 Å². The van der Waals surface area contributed by atoms with Gasteiger partial charge in [-0.2, -0.15) is 0 Å². The molecule has 5 heteroatoms. The van der Waals surface area contributed by atoms with Gasteiger partial charge in [0.05, 0.1) is 6.61 Å². The first-order chi connectivity index (χ1) is 27.6. The van der Waals surface area contributed by atoms with Crippen molar-refractivity contribution in [2.45, 2.75) is 297 Å². The first-order valence-electron chi connectivity index (χ1n) is 25.6. The molecule has 0 aromatic carbocycles. The lowest BCUT2D eigenvalue weighted by molar-refractivity contribution is -0.163. The van der Waals surface area contributed by atoms with E-state index in [-0.39, 0.29) is 18.5 Å². The zero-order valence-corrected chi connectivity index (χ0v) is 38.4. The largest absolute Gasteiger partial charge is 0.462 e. The summed E-state index contributed by atoms with van der Waals surface area (Å²) < 4.78 is 17.4. The lowest BCUT2D eigenvalue weighted by Crippen LogP contribution is -2.30. The molecule has 5 nitrogen and oxygen atoms in total. The molecule has 56 heavy (non-hydrogen) atoms. The van der Waals surface area contributed by atoms with Crippen molar-refractivity contribution in [2.24, 2.45) is 0 Å². The van der Waals surface area contributed by atoms with Crippen LogP contribution in [-0.2, 0) is 23.8 Å². The third-order valence-electron chi connectivity index (χ3n) is 11.6. The van der Waals surface area contributed by atoms with E-state index in [0.29, 0.717) is 26.1 Å². The predicted octanol–water partition coefficient (Wildman–Crippen LogP) is 16.9. The molecular formula is C51H100O5. The van der Waals surface area contributed by atoms with Gasteiger partial charge in [-0.1, -0.05) is 258 Å². The summed E-state index contributed by atoms with van der Waals surface area (Å²) in [5.41, 5.74) is 0. The van der Waals surface area contributed by atoms with Crippen LogP contribution in [0.5, 0.6) is 0 Å². The molecule has 0 aromatic heterocycles. The molecular weight excluding hydrogens is 693 g/mol. The molecule has 0 aliphatic carbocycles. The molecule has 0 aromatic rings. The molecule has 1 atom stereocenters. The Morgan fingerprint density at radius 2 is 0.589 bits per heavy atom. The van der Waals surface area contributed by atoms with Crippen LogP contribution in [0.4, 0.5) is 0 Å². The molecule has 0 amide bonds. The summed E-state index contributed by atoms with van der Waals surface area (Å²) in [6.07, 6.45) is 52.4. The van der Waals surface area contributed by atoms with Gasteiger partial charge in [0, 0.05) is 19.4 Å². The molecule has 0 heterocycles. The minimum absolute atomic E-state index is 0.0976. The number of carbonyl (C=O) groups is 2. The summed E-state index contributed by atoms with van der Waals surface area (Å²) in [7, 11) is 0. The Labute approximate surface area is 351 Å². The average molecular weight is 793 g/mol. The highest BCUT2D eigenvalue weighted by molar-refractivity contribution is 5.70. The van der Waals surface area contributed by atoms with Crippen molar-refractivity contribution >= 4 is 11.9 Å². The fourth-order valence-electron chi connectivity index (χ4n) is 7.81. The van der Waals surface area contributed by atoms with Gasteiger partial charge in [-0.3, -0.25) is 9.59 Å². The molecule has 0 aliphatic heterocycles. The lowest BCUT2D eigenvalue weighted by atomic mass is 10.0. The molecule has 0 radical (unpaired) electrons. The maximum absolute atomic E-state index is 12.8. The van der Waals surface area contributed by atoms with Gasteiger partial charge in [-0.05, 0) is 19.3 Å². The number of hydrogen-bond donors (Lipinski definition) is 0. The van der Waals surface area contributed by atoms with Gasteiger partial charge in [-0.25, -0.2) is 0 Å². The van der Waals surface area contributed by atoms with Crippen LogP contribution in [0.15, 0.2) is 0 Å². The van der Waals surface area contributed by atoms with Gasteiger partial charge >= 0.3 is 11.9 Å². The van der Waals surface area contributed by atoms with Crippen molar-refractivity contribution in [1.82, 2.24) is 0 Å². The summed E-state index contributed by atoms with van der Waals surface area (Å²) in [5.74, 6) is -0.372. The highest BCUT2D eigenvalue weighted by atomic mass is 16.6. The van der Waals surface area contributed by atoms with Crippen LogP contribution in [0.1, 0.15) is 290 Å². The van der Waals surface area contributed by atoms with E-state index in [1.807, 2.05) is 0 Å². The number of hydrogen-bond acceptors (Lipinski definition) is 5. The van der Waals surface area contributed by atoms with E-state index < -0.39 is 6.10 Å². The minimum atomic E-state index is -0.522. The monoisotopic (exact) mass is 793 g/mol. The first kappa shape index (κ1) is 54.9. The Bertz CT molecular complexity index is 769. The van der Waals surface area contributed by atoms with Crippen molar-refractivity contribution in [1.29, 1.82) is 0 Å². The third-order valence-corrected chi connectivity index (χ3v) is 11.6. The highest BCUT2D eigenvalue weighted by Crippen LogP contribution is 2.16. The third kappa shape index (κ3) is 45.6. The second-order valence-corrected chi connectivity index (χ2v) is 17.5. The fraction of sp³-hybridized carbons (Fsp3) is 0.961. The van der Waals surface area contributed by atoms with Gasteiger partial charge in [0.25, 0.3) is 0 Å². The van der Waals surface area contributed by atoms with Gasteiger partial charge < -0.3 is 14.2 Å². The summed E-state index contributed by atoms with van der Waals surface area (Å²) in [5, 5.41) is 0. The Morgan fingerprint density at radius 1 is 0.321 bits per heavy atom. The maximum Gasteiger partial charge on any atom is 0.306 e. The van der Waals surface area contributed by atoms with E-state index in [4.69, 9.17) is 14.2 Å². The first-order valence-corrected chi connectivity index (χ1v) is 25.6. The predicted molar refractivity (Wildman–Crippen MR) is 243 cm³/mol. The highest BCUT2D eigenvalue weighted by Gasteiger charge is 2.17. The SMILES string of the molecule is CCCCCCCCCCCCCCCCOCC(COC(=O)CCCCCCCCCCCCCCC)OC(=O)CCCCCCCCCCCCCCC. The number of rotatable bonds is 48. The summed E-state index contributed by atoms with van der Waals surface area (Å²) in [6, 6.07) is 0. The van der Waals surface area contributed by atoms with Crippen molar-refractivity contribution in [3.63, 3.8) is 0 Å². The second kappa shape index (κ2) is 48.3. The van der Waals surface area contributed by atoms with E-state index in [1.54, 1.807) is 0 Å². The van der Waals surface area contributed by atoms with Crippen LogP contribution < -0.4 is 0 Å². The molecule has 0 N–H and O–H groups in total. The molecule has 0 fully saturated rings. The Hall–Kier alpha value is -1.10. The Morgan fingerprint density at radius 3 is 0.911 bits per heavy atom. The van der Waals surface area contributed by atoms with Gasteiger partial charge in [0.2, 0.25) is 0 Å². The van der Waals surface area contributed by atoms with Crippen LogP contribution in [0.3, 0.4) is 0 Å². The minimum Gasteiger partial charge on any atom is -0.462 e. The molecule has 0 bridgehead atoms. The molecule has 0 saturated heterocycles. The molecule has 334 valence electrons. The summed E-state index contributed by atoms with van der Waals surface area (Å²) in [6.45, 7) is 7.90. The normalized spacial score (nSPS) is 12.0. The number of esters is 2. The van der Waals surface area contributed by atoms with Crippen LogP contribution in [0.2, 0.25) is 0 Å². The van der Waals surface area contributed by atoms with E-state index in [9.17, 15) is 9.59 Å². The topological polar surface area (TPSA) is 61.8 Å². The van der Waals surface area contributed by atoms with E-state index in [1.165, 1.54) is 225 Å². The van der Waals surface area contributed by atoms with Gasteiger partial charge in [0.1, 0.15) is 6.61 Å². The standard InChI is InChI=1S/C51H100O5/c1-4-7-10-13-16-19-22-25-28-31-34-37-40-43-46-54-47-49(56-51(53)45-42-39-36-33-30-27-24-21-18-15-12-9-6-3)48-55-50(52)44-41-38-35-32-29-26-23-20-17-14-11-8-5-2/h49H,4-48H2,1-3H3. The zero-order valence-electron chi connectivity index (χ0n) is 38.4. The second-order valence-electron chi connectivity index (χ2n) is 17.5. The Kier molecular flexibility index (Phi) is 47.3. The number of ether oxygens (including phenoxy) is 3. The van der Waals surface area contributed by atoms with Crippen molar-refractivity contribution in [3.8, 4) is 0 Å². The molecule has 0 aliphatic rings. The molecule has 0 spiro atoms. The van der Waals surface area contributed by atoms with Crippen LogP contribution >= 0.6 is 0 Å². The summed E-state index contributed by atoms with van der Waals surface area (Å²) in [4.78, 5) is 25.3. The van der Waals surface area contributed by atoms with Crippen LogP contribution in [-0.4, -0.2) is 37.9 Å². The smallest absolute Gasteiger partial charge is 0.306 e. The van der Waals surface area contributed by atoms with Crippen molar-refractivity contribution in [3.05, 3.63) is 0 Å². The molecule has 1 unspecified atom stereocenters. The zero-order chi connectivity index (χ0) is 40.7. The maximum atomic E-state index is 12.8. The van der Waals surface area contributed by atoms with Crippen molar-refractivity contribution in [2.75, 3.05) is 19.8 Å². The average Bonchev–Trinajstić information content (AvgIpc) is 3.20. The van der Waals surface area contributed by atoms with E-state index >= 15 is 0 Å². The van der Waals surface area contributed by atoms with E-state index in [2.05, 4.69) is 20.8 Å².